The number of nitrogens with zero attached hydrogens (tertiary/aromatic N) is 1. The van der Waals surface area contributed by atoms with E-state index in [0.717, 1.165) is 5.56 Å². The number of hydrogen-bond acceptors (Lipinski definition) is 10. The largest absolute Gasteiger partial charge is 0.496 e. The molecule has 1 aliphatic rings. The molecule has 0 saturated heterocycles. The zero-order chi connectivity index (χ0) is 34.8. The number of ether oxygens (including phenoxy) is 2. The van der Waals surface area contributed by atoms with E-state index < -0.39 is 33.2 Å². The highest BCUT2D eigenvalue weighted by molar-refractivity contribution is 7.90. The van der Waals surface area contributed by atoms with E-state index >= 15 is 0 Å². The van der Waals surface area contributed by atoms with E-state index in [9.17, 15) is 32.9 Å². The molecule has 0 aromatic heterocycles. The predicted molar refractivity (Wildman–Crippen MR) is 174 cm³/mol. The molecule has 3 aromatic carbocycles. The first kappa shape index (κ1) is 36.0. The minimum Gasteiger partial charge on any atom is -0.496 e. The van der Waals surface area contributed by atoms with Gasteiger partial charge in [0.2, 0.25) is 0 Å². The Hall–Kier alpha value is -4.89. The van der Waals surface area contributed by atoms with Gasteiger partial charge in [0.15, 0.2) is 0 Å². The number of rotatable bonds is 13. The van der Waals surface area contributed by atoms with Crippen LogP contribution >= 0.6 is 11.6 Å². The molecule has 1 aliphatic carbocycles. The third-order valence-corrected chi connectivity index (χ3v) is 9.29. The highest BCUT2D eigenvalue weighted by atomic mass is 35.5. The molecule has 48 heavy (non-hydrogen) atoms. The van der Waals surface area contributed by atoms with Gasteiger partial charge in [0.25, 0.3) is 21.0 Å². The van der Waals surface area contributed by atoms with Gasteiger partial charge in [0.05, 0.1) is 23.1 Å². The van der Waals surface area contributed by atoms with Crippen LogP contribution in [0, 0.1) is 10.1 Å². The number of amides is 3. The zero-order valence-electron chi connectivity index (χ0n) is 26.1. The van der Waals surface area contributed by atoms with E-state index in [1.54, 1.807) is 36.4 Å². The normalized spacial score (nSPS) is 16.6. The Morgan fingerprint density at radius 3 is 2.29 bits per heavy atom. The molecule has 1 unspecified atom stereocenters. The van der Waals surface area contributed by atoms with Crippen LogP contribution in [-0.4, -0.2) is 57.2 Å². The van der Waals surface area contributed by atoms with Crippen molar-refractivity contribution in [2.24, 2.45) is 0 Å². The SMILES string of the molecule is COc1ccc(Cl)cc1C(=O)NCCc1ccc(S(=O)(=O)NC(=O)NC2CCC(OC(=O)c3ccc(C(C)O[N+](=O)[O-])cc3)CC2)cc1. The summed E-state index contributed by atoms with van der Waals surface area (Å²) >= 11 is 5.99. The van der Waals surface area contributed by atoms with E-state index in [1.165, 1.54) is 44.4 Å². The first-order valence-corrected chi connectivity index (χ1v) is 16.9. The molecule has 1 saturated carbocycles. The van der Waals surface area contributed by atoms with Gasteiger partial charge in [-0.3, -0.25) is 4.79 Å². The van der Waals surface area contributed by atoms with Crippen molar-refractivity contribution in [2.75, 3.05) is 13.7 Å². The van der Waals surface area contributed by atoms with Crippen molar-refractivity contribution >= 4 is 39.5 Å². The van der Waals surface area contributed by atoms with Crippen LogP contribution in [0.1, 0.15) is 70.6 Å². The minimum atomic E-state index is -4.15. The molecule has 3 aromatic rings. The van der Waals surface area contributed by atoms with Crippen molar-refractivity contribution < 1.29 is 42.2 Å². The van der Waals surface area contributed by atoms with Crippen LogP contribution < -0.4 is 20.1 Å². The Labute approximate surface area is 282 Å². The Morgan fingerprint density at radius 2 is 1.67 bits per heavy atom. The van der Waals surface area contributed by atoms with Crippen molar-refractivity contribution in [1.29, 1.82) is 0 Å². The van der Waals surface area contributed by atoms with Gasteiger partial charge in [0, 0.05) is 17.6 Å². The van der Waals surface area contributed by atoms with Crippen LogP contribution in [0.25, 0.3) is 0 Å². The molecule has 3 amide bonds. The maximum absolute atomic E-state index is 12.8. The third-order valence-electron chi connectivity index (χ3n) is 7.71. The molecule has 0 radical (unpaired) electrons. The Morgan fingerprint density at radius 1 is 1.00 bits per heavy atom. The number of nitrogens with one attached hydrogen (secondary N) is 3. The third kappa shape index (κ3) is 10.1. The second-order valence-corrected chi connectivity index (χ2v) is 13.2. The predicted octanol–water partition coefficient (Wildman–Crippen LogP) is 4.75. The number of halogens is 1. The van der Waals surface area contributed by atoms with Gasteiger partial charge >= 0.3 is 12.0 Å². The number of carbonyl (C=O) groups excluding carboxylic acids is 3. The maximum atomic E-state index is 12.8. The Kier molecular flexibility index (Phi) is 12.2. The van der Waals surface area contributed by atoms with E-state index in [4.69, 9.17) is 21.1 Å². The number of methoxy groups -OCH3 is 1. The van der Waals surface area contributed by atoms with Gasteiger partial charge in [-0.25, -0.2) is 22.7 Å². The van der Waals surface area contributed by atoms with Crippen molar-refractivity contribution in [3.63, 3.8) is 0 Å². The fourth-order valence-corrected chi connectivity index (χ4v) is 6.22. The summed E-state index contributed by atoms with van der Waals surface area (Å²) in [7, 11) is -2.70. The molecule has 1 fully saturated rings. The number of urea groups is 1. The topological polar surface area (TPSA) is 192 Å². The van der Waals surface area contributed by atoms with Crippen molar-refractivity contribution in [3.8, 4) is 5.75 Å². The van der Waals surface area contributed by atoms with E-state index in [-0.39, 0.29) is 35.1 Å². The first-order chi connectivity index (χ1) is 22.8. The molecule has 14 nitrogen and oxygen atoms in total. The van der Waals surface area contributed by atoms with E-state index in [1.807, 2.05) is 4.72 Å². The lowest BCUT2D eigenvalue weighted by molar-refractivity contribution is -0.770. The lowest BCUT2D eigenvalue weighted by Crippen LogP contribution is -2.46. The molecular formula is C32H35ClN4O10S. The average Bonchev–Trinajstić information content (AvgIpc) is 3.05. The van der Waals surface area contributed by atoms with Crippen LogP contribution in [0.15, 0.2) is 71.6 Å². The number of hydrogen-bond donors (Lipinski definition) is 3. The standard InChI is InChI=1S/C32H35ClN4O10S/c1-20(47-37(41)42)22-5-7-23(8-6-22)31(39)46-26-12-10-25(11-13-26)35-32(40)36-48(43,44)27-14-3-21(4-15-27)17-18-34-30(38)28-19-24(33)9-16-29(28)45-2/h3-9,14-16,19-20,25-26H,10-13,17-18H2,1-2H3,(H,34,38)(H2,35,36,40). The molecule has 16 heteroatoms. The average molecular weight is 703 g/mol. The van der Waals surface area contributed by atoms with Crippen LogP contribution in [-0.2, 0) is 26.0 Å². The monoisotopic (exact) mass is 702 g/mol. The summed E-state index contributed by atoms with van der Waals surface area (Å²) in [4.78, 5) is 52.6. The fourth-order valence-electron chi connectivity index (χ4n) is 5.13. The summed E-state index contributed by atoms with van der Waals surface area (Å²) in [6, 6.07) is 15.6. The zero-order valence-corrected chi connectivity index (χ0v) is 27.7. The quantitative estimate of drug-likeness (QED) is 0.127. The molecule has 0 bridgehead atoms. The van der Waals surface area contributed by atoms with Crippen LogP contribution in [0.2, 0.25) is 5.02 Å². The number of esters is 1. The van der Waals surface area contributed by atoms with Crippen molar-refractivity contribution in [3.05, 3.63) is 104 Å². The van der Waals surface area contributed by atoms with E-state index in [0.29, 0.717) is 54.0 Å². The van der Waals surface area contributed by atoms with Gasteiger partial charge in [0.1, 0.15) is 18.0 Å². The summed E-state index contributed by atoms with van der Waals surface area (Å²) in [5.41, 5.74) is 1.88. The highest BCUT2D eigenvalue weighted by Crippen LogP contribution is 2.24. The summed E-state index contributed by atoms with van der Waals surface area (Å²) in [5, 5.41) is 15.5. The van der Waals surface area contributed by atoms with Gasteiger partial charge in [-0.2, -0.15) is 0 Å². The molecule has 0 heterocycles. The Bertz CT molecular complexity index is 1730. The summed E-state index contributed by atoms with van der Waals surface area (Å²) in [6.45, 7) is 1.80. The molecule has 256 valence electrons. The first-order valence-electron chi connectivity index (χ1n) is 15.0. The summed E-state index contributed by atoms with van der Waals surface area (Å²) in [6.07, 6.45) is 1.11. The lowest BCUT2D eigenvalue weighted by atomic mass is 9.93. The van der Waals surface area contributed by atoms with Crippen molar-refractivity contribution in [1.82, 2.24) is 15.4 Å². The Balaban J connectivity index is 1.19. The minimum absolute atomic E-state index is 0.0995. The summed E-state index contributed by atoms with van der Waals surface area (Å²) in [5.74, 6) is -0.517. The molecule has 1 atom stereocenters. The number of carbonyl (C=O) groups is 3. The smallest absolute Gasteiger partial charge is 0.338 e. The van der Waals surface area contributed by atoms with Gasteiger partial charge in [-0.1, -0.05) is 35.9 Å². The maximum Gasteiger partial charge on any atom is 0.338 e. The summed E-state index contributed by atoms with van der Waals surface area (Å²) < 4.78 is 38.4. The highest BCUT2D eigenvalue weighted by Gasteiger charge is 2.27. The lowest BCUT2D eigenvalue weighted by Gasteiger charge is -2.28. The van der Waals surface area contributed by atoms with E-state index in [2.05, 4.69) is 15.5 Å². The number of benzene rings is 3. The van der Waals surface area contributed by atoms with Gasteiger partial charge in [-0.05, 0) is 92.6 Å². The van der Waals surface area contributed by atoms with Crippen molar-refractivity contribution in [2.45, 2.75) is 62.2 Å². The second-order valence-electron chi connectivity index (χ2n) is 11.0. The van der Waals surface area contributed by atoms with Gasteiger partial charge in [-0.15, -0.1) is 10.1 Å². The molecule has 4 rings (SSSR count). The molecule has 3 N–H and O–H groups in total. The second kappa shape index (κ2) is 16.3. The molecule has 0 aliphatic heterocycles. The fraction of sp³-hybridized carbons (Fsp3) is 0.344. The number of sulfonamides is 1. The van der Waals surface area contributed by atoms with Crippen LogP contribution in [0.5, 0.6) is 5.75 Å². The van der Waals surface area contributed by atoms with Crippen LogP contribution in [0.3, 0.4) is 0 Å². The molecule has 0 spiro atoms. The molecular weight excluding hydrogens is 668 g/mol. The van der Waals surface area contributed by atoms with Gasteiger partial charge < -0.3 is 24.9 Å². The van der Waals surface area contributed by atoms with Crippen LogP contribution in [0.4, 0.5) is 4.79 Å².